The zero-order valence-corrected chi connectivity index (χ0v) is 19.0. The van der Waals surface area contributed by atoms with Gasteiger partial charge in [0, 0.05) is 31.1 Å². The first-order valence-electron chi connectivity index (χ1n) is 11.8. The number of benzene rings is 2. The lowest BCUT2D eigenvalue weighted by Gasteiger charge is -2.39. The van der Waals surface area contributed by atoms with Gasteiger partial charge in [-0.2, -0.15) is 0 Å². The second-order valence-electron chi connectivity index (χ2n) is 8.93. The van der Waals surface area contributed by atoms with Gasteiger partial charge in [0.2, 0.25) is 5.88 Å². The molecular weight excluding hydrogens is 429 g/mol. The first-order valence-corrected chi connectivity index (χ1v) is 11.8. The fraction of sp³-hybridized carbons (Fsp3) is 0.286. The molecule has 2 aliphatic rings. The highest BCUT2D eigenvalue weighted by Gasteiger charge is 2.34. The van der Waals surface area contributed by atoms with Crippen LogP contribution < -0.4 is 10.1 Å². The first-order chi connectivity index (χ1) is 16.6. The number of hydrogen-bond donors (Lipinski definition) is 1. The SMILES string of the molecule is O=C(NC1CCC1c1ccccc1)N1CCC(=Cc2cccc(Oc3ccc(F)cn3)c2)CC1. The average molecular weight is 458 g/mol. The number of hydrogen-bond acceptors (Lipinski definition) is 3. The van der Waals surface area contributed by atoms with Crippen LogP contribution >= 0.6 is 0 Å². The number of rotatable bonds is 5. The molecule has 34 heavy (non-hydrogen) atoms. The number of likely N-dealkylation sites (tertiary alicyclic amines) is 1. The fourth-order valence-electron chi connectivity index (χ4n) is 4.61. The summed E-state index contributed by atoms with van der Waals surface area (Å²) in [5.41, 5.74) is 3.66. The Morgan fingerprint density at radius 3 is 2.56 bits per heavy atom. The number of pyridine rings is 1. The van der Waals surface area contributed by atoms with Gasteiger partial charge in [-0.25, -0.2) is 14.2 Å². The molecule has 2 heterocycles. The van der Waals surface area contributed by atoms with Crippen molar-refractivity contribution in [2.45, 2.75) is 37.6 Å². The minimum Gasteiger partial charge on any atom is -0.439 e. The Hall–Kier alpha value is -3.67. The fourth-order valence-corrected chi connectivity index (χ4v) is 4.61. The van der Waals surface area contributed by atoms with Crippen LogP contribution in [0.4, 0.5) is 9.18 Å². The second kappa shape index (κ2) is 10.1. The Morgan fingerprint density at radius 2 is 1.85 bits per heavy atom. The first kappa shape index (κ1) is 22.1. The van der Waals surface area contributed by atoms with Crippen LogP contribution in [-0.4, -0.2) is 35.0 Å². The number of aromatic nitrogens is 1. The molecule has 3 aromatic rings. The number of carbonyl (C=O) groups is 1. The van der Waals surface area contributed by atoms with E-state index < -0.39 is 5.82 Å². The van der Waals surface area contributed by atoms with Crippen LogP contribution in [0.2, 0.25) is 0 Å². The van der Waals surface area contributed by atoms with Gasteiger partial charge in [-0.05, 0) is 55.0 Å². The Kier molecular flexibility index (Phi) is 6.56. The quantitative estimate of drug-likeness (QED) is 0.500. The number of urea groups is 1. The van der Waals surface area contributed by atoms with Crippen LogP contribution in [0, 0.1) is 5.82 Å². The Balaban J connectivity index is 1.14. The number of ether oxygens (including phenoxy) is 1. The smallest absolute Gasteiger partial charge is 0.317 e. The highest BCUT2D eigenvalue weighted by atomic mass is 19.1. The molecule has 1 saturated heterocycles. The molecule has 1 N–H and O–H groups in total. The predicted octanol–water partition coefficient (Wildman–Crippen LogP) is 6.15. The van der Waals surface area contributed by atoms with Crippen molar-refractivity contribution in [2.75, 3.05) is 13.1 Å². The van der Waals surface area contributed by atoms with E-state index in [1.165, 1.54) is 23.3 Å². The summed E-state index contributed by atoms with van der Waals surface area (Å²) in [7, 11) is 0. The van der Waals surface area contributed by atoms with E-state index in [0.717, 1.165) is 50.5 Å². The normalized spacial score (nSPS) is 19.8. The van der Waals surface area contributed by atoms with Crippen molar-refractivity contribution in [1.82, 2.24) is 15.2 Å². The number of nitrogens with zero attached hydrogens (tertiary/aromatic N) is 2. The van der Waals surface area contributed by atoms with Crippen molar-refractivity contribution in [1.29, 1.82) is 0 Å². The highest BCUT2D eigenvalue weighted by Crippen LogP contribution is 2.37. The standard InChI is InChI=1S/C28H28FN3O2/c29-23-9-12-27(30-19-23)34-24-8-4-5-21(18-24)17-20-13-15-32(16-14-20)28(33)31-26-11-10-25(26)22-6-2-1-3-7-22/h1-9,12,17-19,25-26H,10-11,13-16H2,(H,31,33). The summed E-state index contributed by atoms with van der Waals surface area (Å²) in [6.45, 7) is 1.44. The third kappa shape index (κ3) is 5.28. The molecule has 5 nitrogen and oxygen atoms in total. The Labute approximate surface area is 199 Å². The molecule has 0 spiro atoms. The topological polar surface area (TPSA) is 54.5 Å². The van der Waals surface area contributed by atoms with E-state index in [4.69, 9.17) is 4.74 Å². The number of halogens is 1. The van der Waals surface area contributed by atoms with Gasteiger partial charge < -0.3 is 15.0 Å². The van der Waals surface area contributed by atoms with Crippen LogP contribution in [0.3, 0.4) is 0 Å². The monoisotopic (exact) mass is 457 g/mol. The molecule has 1 aromatic heterocycles. The van der Waals surface area contributed by atoms with E-state index in [1.54, 1.807) is 0 Å². The van der Waals surface area contributed by atoms with E-state index in [-0.39, 0.29) is 12.1 Å². The van der Waals surface area contributed by atoms with E-state index in [2.05, 4.69) is 40.6 Å². The summed E-state index contributed by atoms with van der Waals surface area (Å²) in [5, 5.41) is 3.25. The molecule has 6 heteroatoms. The Bertz CT molecular complexity index is 1150. The van der Waals surface area contributed by atoms with E-state index >= 15 is 0 Å². The predicted molar refractivity (Wildman–Crippen MR) is 130 cm³/mol. The molecule has 2 amide bonds. The van der Waals surface area contributed by atoms with Crippen molar-refractivity contribution in [3.63, 3.8) is 0 Å². The van der Waals surface area contributed by atoms with Crippen molar-refractivity contribution < 1.29 is 13.9 Å². The van der Waals surface area contributed by atoms with Gasteiger partial charge in [0.05, 0.1) is 6.20 Å². The van der Waals surface area contributed by atoms with E-state index in [0.29, 0.717) is 17.5 Å². The highest BCUT2D eigenvalue weighted by molar-refractivity contribution is 5.75. The van der Waals surface area contributed by atoms with Crippen molar-refractivity contribution >= 4 is 12.1 Å². The van der Waals surface area contributed by atoms with Crippen LogP contribution in [0.5, 0.6) is 11.6 Å². The number of amides is 2. The van der Waals surface area contributed by atoms with E-state index in [1.807, 2.05) is 35.2 Å². The molecule has 1 aliphatic heterocycles. The molecule has 1 aliphatic carbocycles. The van der Waals surface area contributed by atoms with Crippen LogP contribution in [0.1, 0.15) is 42.7 Å². The maximum Gasteiger partial charge on any atom is 0.317 e. The van der Waals surface area contributed by atoms with Gasteiger partial charge in [0.1, 0.15) is 11.6 Å². The number of carbonyl (C=O) groups excluding carboxylic acids is 1. The van der Waals surface area contributed by atoms with Gasteiger partial charge in [0.15, 0.2) is 0 Å². The maximum atomic E-state index is 13.0. The lowest BCUT2D eigenvalue weighted by atomic mass is 9.75. The van der Waals surface area contributed by atoms with Crippen LogP contribution in [0.15, 0.2) is 78.5 Å². The summed E-state index contributed by atoms with van der Waals surface area (Å²) >= 11 is 0. The van der Waals surface area contributed by atoms with Crippen molar-refractivity contribution in [3.05, 3.63) is 95.4 Å². The second-order valence-corrected chi connectivity index (χ2v) is 8.93. The lowest BCUT2D eigenvalue weighted by Crippen LogP contribution is -2.51. The van der Waals surface area contributed by atoms with Crippen molar-refractivity contribution in [2.24, 2.45) is 0 Å². The molecule has 1 saturated carbocycles. The summed E-state index contributed by atoms with van der Waals surface area (Å²) in [5.74, 6) is 1.03. The zero-order valence-electron chi connectivity index (χ0n) is 19.0. The molecule has 5 rings (SSSR count). The van der Waals surface area contributed by atoms with Crippen LogP contribution in [0.25, 0.3) is 6.08 Å². The van der Waals surface area contributed by atoms with Gasteiger partial charge in [0.25, 0.3) is 0 Å². The molecule has 0 bridgehead atoms. The number of nitrogens with one attached hydrogen (secondary N) is 1. The zero-order chi connectivity index (χ0) is 23.3. The molecular formula is C28H28FN3O2. The molecule has 2 atom stereocenters. The average Bonchev–Trinajstić information content (AvgIpc) is 2.84. The summed E-state index contributed by atoms with van der Waals surface area (Å²) in [6, 6.07) is 21.3. The third-order valence-corrected chi connectivity index (χ3v) is 6.66. The molecule has 2 unspecified atom stereocenters. The minimum absolute atomic E-state index is 0.0480. The van der Waals surface area contributed by atoms with Gasteiger partial charge in [-0.3, -0.25) is 0 Å². The largest absolute Gasteiger partial charge is 0.439 e. The third-order valence-electron chi connectivity index (χ3n) is 6.66. The van der Waals surface area contributed by atoms with E-state index in [9.17, 15) is 9.18 Å². The summed E-state index contributed by atoms with van der Waals surface area (Å²) in [4.78, 5) is 18.7. The summed E-state index contributed by atoms with van der Waals surface area (Å²) < 4.78 is 18.8. The van der Waals surface area contributed by atoms with Crippen LogP contribution in [-0.2, 0) is 0 Å². The molecule has 2 aromatic carbocycles. The molecule has 174 valence electrons. The molecule has 0 radical (unpaired) electrons. The lowest BCUT2D eigenvalue weighted by molar-refractivity contribution is 0.177. The molecule has 2 fully saturated rings. The van der Waals surface area contributed by atoms with Gasteiger partial charge in [-0.1, -0.05) is 54.1 Å². The summed E-state index contributed by atoms with van der Waals surface area (Å²) in [6.07, 6.45) is 7.17. The van der Waals surface area contributed by atoms with Crippen molar-refractivity contribution in [3.8, 4) is 11.6 Å². The Morgan fingerprint density at radius 1 is 1.03 bits per heavy atom. The number of piperidine rings is 1. The van der Waals surface area contributed by atoms with Gasteiger partial charge in [-0.15, -0.1) is 0 Å². The van der Waals surface area contributed by atoms with Gasteiger partial charge >= 0.3 is 6.03 Å². The minimum atomic E-state index is -0.394. The maximum absolute atomic E-state index is 13.0.